The van der Waals surface area contributed by atoms with Crippen molar-refractivity contribution in [2.75, 3.05) is 49.7 Å². The van der Waals surface area contributed by atoms with E-state index < -0.39 is 5.97 Å². The van der Waals surface area contributed by atoms with Crippen molar-refractivity contribution in [2.45, 2.75) is 13.8 Å². The van der Waals surface area contributed by atoms with E-state index in [1.54, 1.807) is 13.1 Å². The summed E-state index contributed by atoms with van der Waals surface area (Å²) in [5, 5.41) is 4.21. The molecule has 7 nitrogen and oxygen atoms in total. The fourth-order valence-corrected chi connectivity index (χ4v) is 3.65. The summed E-state index contributed by atoms with van der Waals surface area (Å²) in [6.07, 6.45) is 1.56. The van der Waals surface area contributed by atoms with E-state index in [1.165, 1.54) is 0 Å². The van der Waals surface area contributed by atoms with Crippen LogP contribution in [0.2, 0.25) is 0 Å². The first kappa shape index (κ1) is 23.6. The summed E-state index contributed by atoms with van der Waals surface area (Å²) in [6, 6.07) is 13.8. The van der Waals surface area contributed by atoms with Gasteiger partial charge in [-0.1, -0.05) is 0 Å². The van der Waals surface area contributed by atoms with Crippen molar-refractivity contribution in [2.24, 2.45) is 0 Å². The summed E-state index contributed by atoms with van der Waals surface area (Å²) in [4.78, 5) is 19.4. The van der Waals surface area contributed by atoms with Crippen LogP contribution in [0.15, 0.2) is 48.7 Å². The number of fused-ring (bicyclic) bond motifs is 1. The molecule has 0 aliphatic carbocycles. The highest BCUT2D eigenvalue weighted by atomic mass is 35.5. The van der Waals surface area contributed by atoms with E-state index in [0.29, 0.717) is 24.5 Å². The van der Waals surface area contributed by atoms with E-state index in [4.69, 9.17) is 14.2 Å². The number of nitrogens with zero attached hydrogens (tertiary/aromatic N) is 2. The highest BCUT2D eigenvalue weighted by Gasteiger charge is 2.18. The number of nitrogens with one attached hydrogen (secondary N) is 1. The van der Waals surface area contributed by atoms with Crippen LogP contribution in [0.25, 0.3) is 10.9 Å². The minimum absolute atomic E-state index is 0. The molecular formula is C24H28ClN3O4. The molecule has 170 valence electrons. The Balaban J connectivity index is 0.00000289. The number of carbonyl (C=O) groups excluding carboxylic acids is 1. The van der Waals surface area contributed by atoms with Crippen LogP contribution >= 0.6 is 12.4 Å². The summed E-state index contributed by atoms with van der Waals surface area (Å²) in [5.74, 6) is 0.315. The average molecular weight is 458 g/mol. The Bertz CT molecular complexity index is 1050. The number of hydrogen-bond donors (Lipinski definition) is 1. The summed E-state index contributed by atoms with van der Waals surface area (Å²) in [6.45, 7) is 7.83. The van der Waals surface area contributed by atoms with E-state index in [2.05, 4.69) is 27.3 Å². The maximum absolute atomic E-state index is 12.6. The van der Waals surface area contributed by atoms with Crippen LogP contribution in [0, 0.1) is 0 Å². The van der Waals surface area contributed by atoms with Gasteiger partial charge in [0.25, 0.3) is 0 Å². The first-order valence-electron chi connectivity index (χ1n) is 10.6. The number of ether oxygens (including phenoxy) is 3. The lowest BCUT2D eigenvalue weighted by molar-refractivity contribution is 0.0527. The molecule has 0 unspecified atom stereocenters. The van der Waals surface area contributed by atoms with Gasteiger partial charge in [0.2, 0.25) is 0 Å². The van der Waals surface area contributed by atoms with Crippen LogP contribution in [-0.2, 0) is 9.47 Å². The molecule has 0 spiro atoms. The molecular weight excluding hydrogens is 430 g/mol. The number of benzene rings is 2. The first-order chi connectivity index (χ1) is 15.2. The second-order valence-electron chi connectivity index (χ2n) is 7.15. The molecule has 0 amide bonds. The third kappa shape index (κ3) is 5.23. The number of hydrogen-bond acceptors (Lipinski definition) is 7. The molecule has 1 aromatic heterocycles. The van der Waals surface area contributed by atoms with Crippen LogP contribution in [0.1, 0.15) is 24.2 Å². The topological polar surface area (TPSA) is 72.9 Å². The van der Waals surface area contributed by atoms with Gasteiger partial charge in [-0.2, -0.15) is 0 Å². The predicted octanol–water partition coefficient (Wildman–Crippen LogP) is 4.81. The molecule has 3 aromatic rings. The van der Waals surface area contributed by atoms with Gasteiger partial charge >= 0.3 is 5.97 Å². The Labute approximate surface area is 194 Å². The molecule has 32 heavy (non-hydrogen) atoms. The number of carbonyl (C=O) groups is 1. The van der Waals surface area contributed by atoms with Gasteiger partial charge in [-0.25, -0.2) is 4.79 Å². The second kappa shape index (κ2) is 11.0. The Hall–Kier alpha value is -3.03. The summed E-state index contributed by atoms with van der Waals surface area (Å²) in [7, 11) is 0. The Morgan fingerprint density at radius 1 is 1.09 bits per heavy atom. The lowest BCUT2D eigenvalue weighted by atomic mass is 10.1. The van der Waals surface area contributed by atoms with E-state index in [0.717, 1.165) is 54.3 Å². The Kier molecular flexibility index (Phi) is 8.14. The van der Waals surface area contributed by atoms with Crippen LogP contribution < -0.4 is 15.0 Å². The van der Waals surface area contributed by atoms with E-state index >= 15 is 0 Å². The lowest BCUT2D eigenvalue weighted by Crippen LogP contribution is -2.36. The van der Waals surface area contributed by atoms with Gasteiger partial charge in [-0.05, 0) is 56.3 Å². The largest absolute Gasteiger partial charge is 0.494 e. The molecule has 1 N–H and O–H groups in total. The van der Waals surface area contributed by atoms with E-state index in [-0.39, 0.29) is 12.4 Å². The van der Waals surface area contributed by atoms with Gasteiger partial charge in [-0.15, -0.1) is 12.4 Å². The highest BCUT2D eigenvalue weighted by Crippen LogP contribution is 2.33. The van der Waals surface area contributed by atoms with Crippen molar-refractivity contribution in [3.63, 3.8) is 0 Å². The second-order valence-corrected chi connectivity index (χ2v) is 7.15. The van der Waals surface area contributed by atoms with Gasteiger partial charge in [0, 0.05) is 36.0 Å². The van der Waals surface area contributed by atoms with Crippen LogP contribution in [-0.4, -0.2) is 50.5 Å². The number of aromatic nitrogens is 1. The molecule has 8 heteroatoms. The summed E-state index contributed by atoms with van der Waals surface area (Å²) >= 11 is 0. The van der Waals surface area contributed by atoms with Crippen molar-refractivity contribution >= 4 is 46.3 Å². The first-order valence-corrected chi connectivity index (χ1v) is 10.6. The fourth-order valence-electron chi connectivity index (χ4n) is 3.65. The zero-order valence-corrected chi connectivity index (χ0v) is 19.1. The maximum Gasteiger partial charge on any atom is 0.341 e. The number of pyridine rings is 1. The van der Waals surface area contributed by atoms with Crippen LogP contribution in [0.3, 0.4) is 0 Å². The molecule has 0 radical (unpaired) electrons. The molecule has 4 rings (SSSR count). The highest BCUT2D eigenvalue weighted by molar-refractivity contribution is 6.06. The molecule has 0 bridgehead atoms. The van der Waals surface area contributed by atoms with Crippen LogP contribution in [0.5, 0.6) is 5.75 Å². The predicted molar refractivity (Wildman–Crippen MR) is 129 cm³/mol. The molecule has 1 aliphatic rings. The number of anilines is 3. The molecule has 2 aromatic carbocycles. The summed E-state index contributed by atoms with van der Waals surface area (Å²) in [5.41, 5.74) is 3.84. The van der Waals surface area contributed by atoms with E-state index in [9.17, 15) is 4.79 Å². The molecule has 1 fully saturated rings. The van der Waals surface area contributed by atoms with Crippen LogP contribution in [0.4, 0.5) is 17.1 Å². The Morgan fingerprint density at radius 2 is 1.84 bits per heavy atom. The SMILES string of the molecule is CCOC(=O)c1cnc2ccc(OCC)cc2c1Nc1ccc(N2CCOCC2)cc1.Cl. The molecule has 1 saturated heterocycles. The van der Waals surface area contributed by atoms with Gasteiger partial charge < -0.3 is 24.4 Å². The zero-order valence-electron chi connectivity index (χ0n) is 18.3. The number of morpholine rings is 1. The minimum Gasteiger partial charge on any atom is -0.494 e. The van der Waals surface area contributed by atoms with Gasteiger partial charge in [0.05, 0.1) is 37.6 Å². The normalized spacial score (nSPS) is 13.4. The molecule has 0 atom stereocenters. The number of esters is 1. The van der Waals surface area contributed by atoms with Crippen molar-refractivity contribution in [1.82, 2.24) is 4.98 Å². The van der Waals surface area contributed by atoms with Crippen molar-refractivity contribution in [3.8, 4) is 5.75 Å². The third-order valence-corrected chi connectivity index (χ3v) is 5.16. The number of halogens is 1. The summed E-state index contributed by atoms with van der Waals surface area (Å²) < 4.78 is 16.4. The van der Waals surface area contributed by atoms with E-state index in [1.807, 2.05) is 37.3 Å². The average Bonchev–Trinajstić information content (AvgIpc) is 2.81. The van der Waals surface area contributed by atoms with Crippen molar-refractivity contribution < 1.29 is 19.0 Å². The molecule has 0 saturated carbocycles. The lowest BCUT2D eigenvalue weighted by Gasteiger charge is -2.29. The van der Waals surface area contributed by atoms with Gasteiger partial charge in [0.1, 0.15) is 11.3 Å². The number of rotatable bonds is 7. The van der Waals surface area contributed by atoms with Gasteiger partial charge in [0.15, 0.2) is 0 Å². The quantitative estimate of drug-likeness (QED) is 0.510. The van der Waals surface area contributed by atoms with Crippen molar-refractivity contribution in [1.29, 1.82) is 0 Å². The smallest absolute Gasteiger partial charge is 0.341 e. The minimum atomic E-state index is -0.411. The Morgan fingerprint density at radius 3 is 2.53 bits per heavy atom. The maximum atomic E-state index is 12.6. The van der Waals surface area contributed by atoms with Gasteiger partial charge in [-0.3, -0.25) is 4.98 Å². The zero-order chi connectivity index (χ0) is 21.6. The third-order valence-electron chi connectivity index (χ3n) is 5.16. The van der Waals surface area contributed by atoms with Crippen molar-refractivity contribution in [3.05, 3.63) is 54.2 Å². The fraction of sp³-hybridized carbons (Fsp3) is 0.333. The standard InChI is InChI=1S/C24H27N3O4.ClH/c1-3-30-19-9-10-22-20(15-19)23(21(16-25-22)24(28)31-4-2)26-17-5-7-18(8-6-17)27-11-13-29-14-12-27;/h5-10,15-16H,3-4,11-14H2,1-2H3,(H,25,26);1H. The monoisotopic (exact) mass is 457 g/mol. The molecule has 2 heterocycles. The molecule has 1 aliphatic heterocycles.